The minimum atomic E-state index is -3.57. The van der Waals surface area contributed by atoms with E-state index in [9.17, 15) is 8.42 Å². The van der Waals surface area contributed by atoms with Crippen molar-refractivity contribution in [3.05, 3.63) is 11.2 Å². The Labute approximate surface area is 115 Å². The van der Waals surface area contributed by atoms with E-state index in [1.165, 1.54) is 15.2 Å². The van der Waals surface area contributed by atoms with Crippen LogP contribution in [0, 0.1) is 0 Å². The minimum absolute atomic E-state index is 0.0496. The molecule has 0 spiro atoms. The fourth-order valence-electron chi connectivity index (χ4n) is 1.51. The van der Waals surface area contributed by atoms with Crippen LogP contribution in [0.5, 0.6) is 0 Å². The maximum Gasteiger partial charge on any atom is 0.261 e. The van der Waals surface area contributed by atoms with Gasteiger partial charge in [-0.3, -0.25) is 4.68 Å². The molecule has 0 fully saturated rings. The van der Waals surface area contributed by atoms with E-state index in [1.807, 2.05) is 6.92 Å². The zero-order valence-electron chi connectivity index (χ0n) is 9.73. The van der Waals surface area contributed by atoms with E-state index in [1.54, 1.807) is 7.05 Å². The maximum absolute atomic E-state index is 12.4. The zero-order valence-corrected chi connectivity index (χ0v) is 12.9. The van der Waals surface area contributed by atoms with Crippen molar-refractivity contribution in [2.24, 2.45) is 7.05 Å². The molecule has 5 nitrogen and oxygen atoms in total. The van der Waals surface area contributed by atoms with Crippen molar-refractivity contribution in [2.75, 3.05) is 18.4 Å². The highest BCUT2D eigenvalue weighted by atomic mass is 79.9. The summed E-state index contributed by atoms with van der Waals surface area (Å²) in [6.45, 7) is 2.81. The second kappa shape index (κ2) is 6.17. The molecule has 17 heavy (non-hydrogen) atoms. The van der Waals surface area contributed by atoms with Crippen molar-refractivity contribution in [1.82, 2.24) is 14.1 Å². The molecule has 1 heterocycles. The van der Waals surface area contributed by atoms with Gasteiger partial charge in [-0.25, -0.2) is 8.42 Å². The summed E-state index contributed by atoms with van der Waals surface area (Å²) in [5.74, 6) is 0. The quantitative estimate of drug-likeness (QED) is 0.740. The van der Waals surface area contributed by atoms with Crippen LogP contribution in [0.3, 0.4) is 0 Å². The highest BCUT2D eigenvalue weighted by molar-refractivity contribution is 9.09. The molecule has 98 valence electrons. The summed E-state index contributed by atoms with van der Waals surface area (Å²) in [4.78, 5) is 0. The number of aromatic nitrogens is 2. The summed E-state index contributed by atoms with van der Waals surface area (Å²) in [6.07, 6.45) is 2.09. The summed E-state index contributed by atoms with van der Waals surface area (Å²) < 4.78 is 27.4. The molecule has 0 aromatic carbocycles. The average molecular weight is 345 g/mol. The topological polar surface area (TPSA) is 55.2 Å². The smallest absolute Gasteiger partial charge is 0.255 e. The molecule has 0 radical (unpaired) electrons. The van der Waals surface area contributed by atoms with Gasteiger partial charge in [-0.15, -0.1) is 0 Å². The largest absolute Gasteiger partial charge is 0.261 e. The number of hydrogen-bond acceptors (Lipinski definition) is 3. The summed E-state index contributed by atoms with van der Waals surface area (Å²) in [5, 5.41) is 4.64. The highest BCUT2D eigenvalue weighted by Gasteiger charge is 2.29. The first-order valence-corrected chi connectivity index (χ1v) is 8.12. The van der Waals surface area contributed by atoms with Crippen LogP contribution in [0.2, 0.25) is 5.02 Å². The van der Waals surface area contributed by atoms with Crippen molar-refractivity contribution in [3.63, 3.8) is 0 Å². The van der Waals surface area contributed by atoms with Gasteiger partial charge in [0.2, 0.25) is 0 Å². The van der Waals surface area contributed by atoms with Gasteiger partial charge in [-0.2, -0.15) is 9.40 Å². The lowest BCUT2D eigenvalue weighted by Gasteiger charge is -2.20. The molecular formula is C9H15BrClN3O2S. The van der Waals surface area contributed by atoms with Gasteiger partial charge in [-0.05, 0) is 6.42 Å². The molecule has 0 bridgehead atoms. The summed E-state index contributed by atoms with van der Waals surface area (Å²) >= 11 is 9.12. The van der Waals surface area contributed by atoms with Crippen molar-refractivity contribution < 1.29 is 8.42 Å². The van der Waals surface area contributed by atoms with Crippen LogP contribution in [-0.4, -0.2) is 40.9 Å². The van der Waals surface area contributed by atoms with E-state index in [2.05, 4.69) is 21.0 Å². The maximum atomic E-state index is 12.4. The first-order chi connectivity index (χ1) is 7.95. The standard InChI is InChI=1S/C9H15BrClN3O2S/c1-3-5-14(6-4-10)17(15,16)9-8(11)7-12-13(9)2/h7H,3-6H2,1-2H3. The summed E-state index contributed by atoms with van der Waals surface area (Å²) in [6, 6.07) is 0. The van der Waals surface area contributed by atoms with Crippen LogP contribution in [0.25, 0.3) is 0 Å². The molecule has 1 aromatic heterocycles. The third-order valence-electron chi connectivity index (χ3n) is 2.23. The molecule has 0 aliphatic rings. The third-order valence-corrected chi connectivity index (χ3v) is 4.99. The molecule has 1 rings (SSSR count). The van der Waals surface area contributed by atoms with Gasteiger partial charge < -0.3 is 0 Å². The van der Waals surface area contributed by atoms with Crippen LogP contribution < -0.4 is 0 Å². The van der Waals surface area contributed by atoms with Crippen molar-refractivity contribution >= 4 is 37.6 Å². The van der Waals surface area contributed by atoms with Gasteiger partial charge in [0.15, 0.2) is 5.03 Å². The monoisotopic (exact) mass is 343 g/mol. The van der Waals surface area contributed by atoms with Gasteiger partial charge in [0.1, 0.15) is 0 Å². The first kappa shape index (κ1) is 14.9. The molecule has 8 heteroatoms. The zero-order chi connectivity index (χ0) is 13.1. The van der Waals surface area contributed by atoms with Crippen molar-refractivity contribution in [3.8, 4) is 0 Å². The van der Waals surface area contributed by atoms with Gasteiger partial charge in [0.05, 0.1) is 11.2 Å². The summed E-state index contributed by atoms with van der Waals surface area (Å²) in [7, 11) is -2.01. The number of alkyl halides is 1. The lowest BCUT2D eigenvalue weighted by atomic mass is 10.5. The molecule has 0 amide bonds. The Bertz CT molecular complexity index is 449. The Morgan fingerprint density at radius 1 is 1.53 bits per heavy atom. The average Bonchev–Trinajstić information content (AvgIpc) is 2.58. The number of aryl methyl sites for hydroxylation is 1. The predicted octanol–water partition coefficient (Wildman–Crippen LogP) is 1.87. The van der Waals surface area contributed by atoms with Crippen LogP contribution in [-0.2, 0) is 17.1 Å². The molecule has 0 aliphatic carbocycles. The minimum Gasteiger partial charge on any atom is -0.255 e. The number of halogens is 2. The van der Waals surface area contributed by atoms with Crippen LogP contribution in [0.15, 0.2) is 11.2 Å². The van der Waals surface area contributed by atoms with Crippen molar-refractivity contribution in [1.29, 1.82) is 0 Å². The fraction of sp³-hybridized carbons (Fsp3) is 0.667. The van der Waals surface area contributed by atoms with Crippen LogP contribution >= 0.6 is 27.5 Å². The lowest BCUT2D eigenvalue weighted by Crippen LogP contribution is -2.34. The Kier molecular flexibility index (Phi) is 5.43. The molecule has 0 saturated heterocycles. The van der Waals surface area contributed by atoms with E-state index in [4.69, 9.17) is 11.6 Å². The van der Waals surface area contributed by atoms with Gasteiger partial charge in [0, 0.05) is 25.5 Å². The number of nitrogens with zero attached hydrogens (tertiary/aromatic N) is 3. The van der Waals surface area contributed by atoms with Crippen LogP contribution in [0.1, 0.15) is 13.3 Å². The van der Waals surface area contributed by atoms with E-state index in [0.29, 0.717) is 18.4 Å². The fourth-order valence-corrected chi connectivity index (χ4v) is 4.31. The first-order valence-electron chi connectivity index (χ1n) is 5.18. The molecule has 0 aliphatic heterocycles. The summed E-state index contributed by atoms with van der Waals surface area (Å²) in [5.41, 5.74) is 0. The normalized spacial score (nSPS) is 12.3. The molecule has 0 atom stereocenters. The van der Waals surface area contributed by atoms with E-state index >= 15 is 0 Å². The highest BCUT2D eigenvalue weighted by Crippen LogP contribution is 2.23. The van der Waals surface area contributed by atoms with Gasteiger partial charge in [0.25, 0.3) is 10.0 Å². The SMILES string of the molecule is CCCN(CCBr)S(=O)(=O)c1c(Cl)cnn1C. The van der Waals surface area contributed by atoms with E-state index in [-0.39, 0.29) is 10.0 Å². The number of sulfonamides is 1. The second-order valence-corrected chi connectivity index (χ2v) is 6.57. The molecule has 0 unspecified atom stereocenters. The number of rotatable bonds is 6. The van der Waals surface area contributed by atoms with E-state index < -0.39 is 10.0 Å². The van der Waals surface area contributed by atoms with Crippen LogP contribution in [0.4, 0.5) is 0 Å². The molecule has 0 N–H and O–H groups in total. The second-order valence-electron chi connectivity index (χ2n) is 3.51. The van der Waals surface area contributed by atoms with Crippen molar-refractivity contribution in [2.45, 2.75) is 18.4 Å². The molecular weight excluding hydrogens is 330 g/mol. The van der Waals surface area contributed by atoms with Gasteiger partial charge in [-0.1, -0.05) is 34.5 Å². The Morgan fingerprint density at radius 2 is 2.18 bits per heavy atom. The Balaban J connectivity index is 3.16. The molecule has 1 aromatic rings. The Morgan fingerprint density at radius 3 is 2.59 bits per heavy atom. The number of hydrogen-bond donors (Lipinski definition) is 0. The third kappa shape index (κ3) is 3.21. The lowest BCUT2D eigenvalue weighted by molar-refractivity contribution is 0.423. The predicted molar refractivity (Wildman–Crippen MR) is 71.1 cm³/mol. The van der Waals surface area contributed by atoms with Gasteiger partial charge >= 0.3 is 0 Å². The Hall–Kier alpha value is -0.110. The molecule has 0 saturated carbocycles. The van der Waals surface area contributed by atoms with E-state index in [0.717, 1.165) is 6.42 Å².